The molecule has 0 radical (unpaired) electrons. The van der Waals surface area contributed by atoms with Crippen LogP contribution < -0.4 is 10.6 Å². The Morgan fingerprint density at radius 2 is 2.14 bits per heavy atom. The molecule has 0 spiro atoms. The molecule has 0 saturated carbocycles. The number of hydrogen-bond acceptors (Lipinski definition) is 4. The van der Waals surface area contributed by atoms with Gasteiger partial charge in [0, 0.05) is 11.9 Å². The zero-order valence-electron chi connectivity index (χ0n) is 11.1. The van der Waals surface area contributed by atoms with E-state index >= 15 is 0 Å². The van der Waals surface area contributed by atoms with E-state index in [1.165, 1.54) is 6.92 Å². The third-order valence-corrected chi connectivity index (χ3v) is 3.35. The van der Waals surface area contributed by atoms with Crippen molar-refractivity contribution < 1.29 is 9.59 Å². The molecule has 2 heterocycles. The van der Waals surface area contributed by atoms with Crippen molar-refractivity contribution in [2.75, 3.05) is 10.6 Å². The molecule has 3 rings (SSSR count). The van der Waals surface area contributed by atoms with Crippen molar-refractivity contribution >= 4 is 35.3 Å². The summed E-state index contributed by atoms with van der Waals surface area (Å²) in [7, 11) is 0. The molecule has 1 aromatic carbocycles. The second-order valence-corrected chi connectivity index (χ2v) is 5.14. The maximum Gasteiger partial charge on any atom is 0.250 e. The minimum Gasteiger partial charge on any atom is -0.295 e. The molecule has 1 unspecified atom stereocenters. The third-order valence-electron chi connectivity index (χ3n) is 3.10. The molecule has 1 aliphatic rings. The van der Waals surface area contributed by atoms with Crippen molar-refractivity contribution in [3.63, 3.8) is 0 Å². The van der Waals surface area contributed by atoms with Crippen LogP contribution in [0.4, 0.5) is 11.9 Å². The SMILES string of the molecule is CC(=O)Nc1nc2n(n1)C(c1ccc(Cl)cc1)CC(=O)N2. The Labute approximate surface area is 125 Å². The van der Waals surface area contributed by atoms with Crippen molar-refractivity contribution in [3.8, 4) is 0 Å². The standard InChI is InChI=1S/C13H12ClN5O2/c1-7(20)15-12-17-13-16-11(21)6-10(19(13)18-12)8-2-4-9(14)5-3-8/h2-5,10H,6H2,1H3,(H2,15,16,17,18,20,21). The van der Waals surface area contributed by atoms with Crippen molar-refractivity contribution in [3.05, 3.63) is 34.9 Å². The number of halogens is 1. The van der Waals surface area contributed by atoms with Crippen LogP contribution in [0.2, 0.25) is 5.02 Å². The van der Waals surface area contributed by atoms with Crippen LogP contribution >= 0.6 is 11.6 Å². The molecule has 0 aliphatic carbocycles. The van der Waals surface area contributed by atoms with Gasteiger partial charge in [-0.3, -0.25) is 20.2 Å². The third kappa shape index (κ3) is 2.73. The lowest BCUT2D eigenvalue weighted by Gasteiger charge is -2.23. The first-order chi connectivity index (χ1) is 10.0. The van der Waals surface area contributed by atoms with Gasteiger partial charge < -0.3 is 0 Å². The summed E-state index contributed by atoms with van der Waals surface area (Å²) in [5.74, 6) is 0.0603. The van der Waals surface area contributed by atoms with E-state index in [-0.39, 0.29) is 30.2 Å². The van der Waals surface area contributed by atoms with E-state index in [1.54, 1.807) is 16.8 Å². The van der Waals surface area contributed by atoms with Gasteiger partial charge in [0.25, 0.3) is 5.95 Å². The lowest BCUT2D eigenvalue weighted by Crippen LogP contribution is -2.29. The van der Waals surface area contributed by atoms with Crippen molar-refractivity contribution in [1.82, 2.24) is 14.8 Å². The lowest BCUT2D eigenvalue weighted by molar-refractivity contribution is -0.117. The van der Waals surface area contributed by atoms with Crippen LogP contribution in [0.15, 0.2) is 24.3 Å². The quantitative estimate of drug-likeness (QED) is 0.885. The summed E-state index contributed by atoms with van der Waals surface area (Å²) in [4.78, 5) is 27.0. The van der Waals surface area contributed by atoms with E-state index < -0.39 is 0 Å². The zero-order valence-corrected chi connectivity index (χ0v) is 11.9. The number of nitrogens with one attached hydrogen (secondary N) is 2. The van der Waals surface area contributed by atoms with Crippen molar-refractivity contribution in [2.24, 2.45) is 0 Å². The van der Waals surface area contributed by atoms with Gasteiger partial charge in [-0.2, -0.15) is 4.98 Å². The van der Waals surface area contributed by atoms with Gasteiger partial charge in [0.1, 0.15) is 0 Å². The van der Waals surface area contributed by atoms with Crippen molar-refractivity contribution in [2.45, 2.75) is 19.4 Å². The second kappa shape index (κ2) is 5.17. The van der Waals surface area contributed by atoms with Gasteiger partial charge in [-0.1, -0.05) is 23.7 Å². The Bertz CT molecular complexity index is 710. The fourth-order valence-electron chi connectivity index (χ4n) is 2.22. The summed E-state index contributed by atoms with van der Waals surface area (Å²) in [6.45, 7) is 1.37. The predicted octanol–water partition coefficient (Wildman–Crippen LogP) is 1.82. The summed E-state index contributed by atoms with van der Waals surface area (Å²) in [6, 6.07) is 6.93. The normalized spacial score (nSPS) is 17.0. The summed E-state index contributed by atoms with van der Waals surface area (Å²) < 4.78 is 1.59. The van der Waals surface area contributed by atoms with Crippen LogP contribution in [-0.2, 0) is 9.59 Å². The predicted molar refractivity (Wildman–Crippen MR) is 77.2 cm³/mol. The number of benzene rings is 1. The average molecular weight is 306 g/mol. The average Bonchev–Trinajstić information content (AvgIpc) is 2.79. The Hall–Kier alpha value is -2.41. The molecule has 0 fully saturated rings. The number of rotatable bonds is 2. The van der Waals surface area contributed by atoms with Crippen LogP contribution in [0, 0.1) is 0 Å². The Kier molecular flexibility index (Phi) is 3.34. The van der Waals surface area contributed by atoms with Gasteiger partial charge in [-0.25, -0.2) is 4.68 Å². The molecule has 1 atom stereocenters. The van der Waals surface area contributed by atoms with Crippen LogP contribution in [0.25, 0.3) is 0 Å². The molecule has 21 heavy (non-hydrogen) atoms. The number of fused-ring (bicyclic) bond motifs is 1. The van der Waals surface area contributed by atoms with Gasteiger partial charge in [0.15, 0.2) is 0 Å². The number of carbonyl (C=O) groups is 2. The van der Waals surface area contributed by atoms with Crippen LogP contribution in [0.5, 0.6) is 0 Å². The number of nitrogens with zero attached hydrogens (tertiary/aromatic N) is 3. The Morgan fingerprint density at radius 1 is 1.43 bits per heavy atom. The Balaban J connectivity index is 2.00. The molecular formula is C13H12ClN5O2. The highest BCUT2D eigenvalue weighted by Crippen LogP contribution is 2.30. The molecule has 108 valence electrons. The van der Waals surface area contributed by atoms with E-state index in [0.29, 0.717) is 11.0 Å². The van der Waals surface area contributed by atoms with E-state index in [0.717, 1.165) is 5.56 Å². The summed E-state index contributed by atoms with van der Waals surface area (Å²) >= 11 is 5.88. The maximum atomic E-state index is 11.8. The molecule has 2 N–H and O–H groups in total. The number of carbonyl (C=O) groups excluding carboxylic acids is 2. The smallest absolute Gasteiger partial charge is 0.250 e. The largest absolute Gasteiger partial charge is 0.295 e. The fourth-order valence-corrected chi connectivity index (χ4v) is 2.34. The number of anilines is 2. The molecule has 2 aromatic rings. The molecule has 1 aromatic heterocycles. The van der Waals surface area contributed by atoms with E-state index in [2.05, 4.69) is 20.7 Å². The van der Waals surface area contributed by atoms with E-state index in [9.17, 15) is 9.59 Å². The Morgan fingerprint density at radius 3 is 2.81 bits per heavy atom. The van der Waals surface area contributed by atoms with Gasteiger partial charge in [0.2, 0.25) is 17.8 Å². The molecule has 1 aliphatic heterocycles. The number of aromatic nitrogens is 3. The molecule has 0 bridgehead atoms. The highest BCUT2D eigenvalue weighted by molar-refractivity contribution is 6.30. The zero-order chi connectivity index (χ0) is 15.0. The number of hydrogen-bond donors (Lipinski definition) is 2. The first-order valence-corrected chi connectivity index (χ1v) is 6.70. The van der Waals surface area contributed by atoms with Gasteiger partial charge in [-0.15, -0.1) is 5.10 Å². The highest BCUT2D eigenvalue weighted by atomic mass is 35.5. The highest BCUT2D eigenvalue weighted by Gasteiger charge is 2.29. The summed E-state index contributed by atoms with van der Waals surface area (Å²) in [5, 5.41) is 9.99. The molecule has 7 nitrogen and oxygen atoms in total. The molecule has 0 saturated heterocycles. The first-order valence-electron chi connectivity index (χ1n) is 6.32. The summed E-state index contributed by atoms with van der Waals surface area (Å²) in [5.41, 5.74) is 0.898. The molecule has 2 amide bonds. The fraction of sp³-hybridized carbons (Fsp3) is 0.231. The van der Waals surface area contributed by atoms with Gasteiger partial charge in [0.05, 0.1) is 12.5 Å². The van der Waals surface area contributed by atoms with Crippen molar-refractivity contribution in [1.29, 1.82) is 0 Å². The van der Waals surface area contributed by atoms with Crippen LogP contribution in [0.1, 0.15) is 24.9 Å². The van der Waals surface area contributed by atoms with Gasteiger partial charge >= 0.3 is 0 Å². The molecular weight excluding hydrogens is 294 g/mol. The minimum absolute atomic E-state index is 0.149. The minimum atomic E-state index is -0.277. The van der Waals surface area contributed by atoms with E-state index in [4.69, 9.17) is 11.6 Å². The van der Waals surface area contributed by atoms with Gasteiger partial charge in [-0.05, 0) is 17.7 Å². The maximum absolute atomic E-state index is 11.8. The van der Waals surface area contributed by atoms with Crippen LogP contribution in [-0.4, -0.2) is 26.6 Å². The second-order valence-electron chi connectivity index (χ2n) is 4.70. The lowest BCUT2D eigenvalue weighted by atomic mass is 10.0. The topological polar surface area (TPSA) is 88.9 Å². The van der Waals surface area contributed by atoms with E-state index in [1.807, 2.05) is 12.1 Å². The molecule has 8 heteroatoms. The van der Waals surface area contributed by atoms with Crippen LogP contribution in [0.3, 0.4) is 0 Å². The monoisotopic (exact) mass is 305 g/mol. The number of amides is 2. The summed E-state index contributed by atoms with van der Waals surface area (Å²) in [6.07, 6.45) is 0.248. The first kappa shape index (κ1) is 13.6.